The summed E-state index contributed by atoms with van der Waals surface area (Å²) in [6.07, 6.45) is 27.2. The zero-order valence-corrected chi connectivity index (χ0v) is 59.9. The molecule has 5 atom stereocenters. The molecule has 0 N–H and O–H groups in total. The van der Waals surface area contributed by atoms with Gasteiger partial charge in [-0.3, -0.25) is 0 Å². The van der Waals surface area contributed by atoms with Gasteiger partial charge in [0.05, 0.1) is 11.4 Å². The van der Waals surface area contributed by atoms with E-state index in [2.05, 4.69) is 368 Å². The lowest BCUT2D eigenvalue weighted by Gasteiger charge is -2.48. The van der Waals surface area contributed by atoms with E-state index in [9.17, 15) is 0 Å². The highest BCUT2D eigenvalue weighted by Gasteiger charge is 2.60. The number of fused-ring (bicyclic) bond motifs is 20. The number of anilines is 16. The molecule has 5 unspecified atom stereocenters. The van der Waals surface area contributed by atoms with E-state index in [1.165, 1.54) is 117 Å². The van der Waals surface area contributed by atoms with Gasteiger partial charge in [-0.1, -0.05) is 205 Å². The second kappa shape index (κ2) is 21.7. The highest BCUT2D eigenvalue weighted by molar-refractivity contribution is 7.03. The standard InChI is InChI=1S/C96H80B2N6/c1-93(2)48-50-95(5)60-61-26-25-35-66(43-42-61)99(62-27-11-7-12-28-62)69-54-85-91-87(55-69)103(67-44-46-72(93)74(95)52-67)80-39-23-20-37-76(80)97(91)78-58-79-84(59-83(78)101(85)64-31-15-9-16-32-64)102(65-33-17-10-18-34-65)86-56-70-57-88-92(86)98(79)77-38-21-24-40-81(77)104(88)68-45-47-73-75(53-68)96(6,51-49-94(73,3)4)90-71-36-19-22-41-82(89(71)90)100(70)63-29-13-8-14-30-63/h7-47,52-59,61,71,90H,48-51,60H2,1-6H3. The number of rotatable bonds is 4. The lowest BCUT2D eigenvalue weighted by atomic mass is 9.30. The predicted molar refractivity (Wildman–Crippen MR) is 438 cm³/mol. The van der Waals surface area contributed by atoms with Gasteiger partial charge in [0.1, 0.15) is 0 Å². The van der Waals surface area contributed by atoms with E-state index in [4.69, 9.17) is 0 Å². The highest BCUT2D eigenvalue weighted by atomic mass is 15.2. The lowest BCUT2D eigenvalue weighted by molar-refractivity contribution is 0.281. The Bertz CT molecular complexity index is 5730. The summed E-state index contributed by atoms with van der Waals surface area (Å²) >= 11 is 0. The first-order valence-electron chi connectivity index (χ1n) is 38.0. The summed E-state index contributed by atoms with van der Waals surface area (Å²) in [7, 11) is 0. The topological polar surface area (TPSA) is 19.4 Å². The molecule has 11 aliphatic rings. The fourth-order valence-corrected chi connectivity index (χ4v) is 21.3. The van der Waals surface area contributed by atoms with Crippen molar-refractivity contribution in [1.82, 2.24) is 0 Å². The van der Waals surface area contributed by atoms with Crippen LogP contribution in [0.5, 0.6) is 0 Å². The summed E-state index contributed by atoms with van der Waals surface area (Å²) in [6.45, 7) is 14.8. The first kappa shape index (κ1) is 60.4. The van der Waals surface area contributed by atoms with Crippen LogP contribution in [0.25, 0.3) is 0 Å². The maximum atomic E-state index is 2.70. The van der Waals surface area contributed by atoms with Crippen LogP contribution in [0, 0.1) is 17.8 Å². The molecule has 6 heterocycles. The van der Waals surface area contributed by atoms with E-state index in [0.717, 1.165) is 77.6 Å². The largest absolute Gasteiger partial charge is 0.311 e. The zero-order valence-electron chi connectivity index (χ0n) is 59.9. The molecule has 0 radical (unpaired) electrons. The second-order valence-electron chi connectivity index (χ2n) is 33.1. The molecule has 0 amide bonds. The molecule has 0 saturated heterocycles. The minimum Gasteiger partial charge on any atom is -0.311 e. The fourth-order valence-electron chi connectivity index (χ4n) is 21.3. The summed E-state index contributed by atoms with van der Waals surface area (Å²) in [4.78, 5) is 15.8. The van der Waals surface area contributed by atoms with Crippen molar-refractivity contribution in [2.24, 2.45) is 17.8 Å². The van der Waals surface area contributed by atoms with E-state index in [0.29, 0.717) is 11.8 Å². The molecule has 500 valence electrons. The van der Waals surface area contributed by atoms with E-state index < -0.39 is 0 Å². The molecule has 0 spiro atoms. The maximum Gasteiger partial charge on any atom is 0.252 e. The van der Waals surface area contributed by atoms with Gasteiger partial charge in [0, 0.05) is 108 Å². The zero-order chi connectivity index (χ0) is 69.3. The van der Waals surface area contributed by atoms with Crippen LogP contribution in [0.2, 0.25) is 0 Å². The van der Waals surface area contributed by atoms with Crippen molar-refractivity contribution < 1.29 is 0 Å². The molecular weight excluding hydrogens is 1260 g/mol. The molecule has 6 aliphatic heterocycles. The molecule has 10 bridgehead atoms. The Labute approximate surface area is 612 Å². The molecule has 1 fully saturated rings. The van der Waals surface area contributed by atoms with Crippen molar-refractivity contribution in [2.45, 2.75) is 95.3 Å². The molecule has 1 saturated carbocycles. The molecule has 11 aromatic carbocycles. The molecule has 6 nitrogen and oxygen atoms in total. The summed E-state index contributed by atoms with van der Waals surface area (Å²) in [5.74, 6) is 0.886. The third kappa shape index (κ3) is 8.48. The average Bonchev–Trinajstić information content (AvgIpc) is 1.42. The number of nitrogens with zero attached hydrogens (tertiary/aromatic N) is 6. The molecule has 11 aromatic rings. The van der Waals surface area contributed by atoms with Gasteiger partial charge in [0.25, 0.3) is 13.4 Å². The van der Waals surface area contributed by atoms with Crippen molar-refractivity contribution in [1.29, 1.82) is 0 Å². The van der Waals surface area contributed by atoms with Crippen LogP contribution in [0.1, 0.15) is 95.9 Å². The van der Waals surface area contributed by atoms with Crippen molar-refractivity contribution >= 4 is 137 Å². The summed E-state index contributed by atoms with van der Waals surface area (Å²) < 4.78 is 0. The van der Waals surface area contributed by atoms with Crippen LogP contribution in [-0.4, -0.2) is 13.4 Å². The number of hydrogen-bond donors (Lipinski definition) is 0. The third-order valence-electron chi connectivity index (χ3n) is 26.4. The van der Waals surface area contributed by atoms with Gasteiger partial charge in [-0.05, 0) is 248 Å². The molecule has 8 heteroatoms. The number of allylic oxidation sites excluding steroid dienone is 10. The Hall–Kier alpha value is -11.2. The minimum absolute atomic E-state index is 0.0194. The average molecular weight is 1340 g/mol. The van der Waals surface area contributed by atoms with Gasteiger partial charge >= 0.3 is 0 Å². The predicted octanol–water partition coefficient (Wildman–Crippen LogP) is 20.5. The molecule has 22 rings (SSSR count). The smallest absolute Gasteiger partial charge is 0.252 e. The van der Waals surface area contributed by atoms with Crippen molar-refractivity contribution in [3.8, 4) is 0 Å². The van der Waals surface area contributed by atoms with Crippen LogP contribution in [0.4, 0.5) is 91.0 Å². The Morgan fingerprint density at radius 2 is 0.798 bits per heavy atom. The van der Waals surface area contributed by atoms with Gasteiger partial charge in [0.15, 0.2) is 0 Å². The number of para-hydroxylation sites is 6. The molecule has 0 aromatic heterocycles. The SMILES string of the molecule is CC1(C)CCC2(C)CC3C=CC=C(C=C3)N(c3ccccc3)c3cc4c5c(c3)N(c3ccccc3)c3cc6c(cc3B5c3ccccc3N4c3ccc1c2c3)B1c2ccccc2N2c3ccc4c(c3)C(C)(CCC4(C)C)C3C4=C(C=CC=CC43)N(c3ccccc3)c3cc2c1c(c3)N6c1ccccc1. The van der Waals surface area contributed by atoms with Gasteiger partial charge in [-0.2, -0.15) is 0 Å². The summed E-state index contributed by atoms with van der Waals surface area (Å²) in [5, 5.41) is 0. The Morgan fingerprint density at radius 1 is 0.327 bits per heavy atom. The van der Waals surface area contributed by atoms with Gasteiger partial charge in [-0.15, -0.1) is 0 Å². The third-order valence-corrected chi connectivity index (χ3v) is 26.4. The Balaban J connectivity index is 0.854. The second-order valence-corrected chi connectivity index (χ2v) is 33.1. The highest BCUT2D eigenvalue weighted by Crippen LogP contribution is 2.66. The van der Waals surface area contributed by atoms with Crippen LogP contribution < -0.4 is 62.2 Å². The van der Waals surface area contributed by atoms with Crippen molar-refractivity contribution in [3.05, 3.63) is 337 Å². The van der Waals surface area contributed by atoms with E-state index in [1.54, 1.807) is 0 Å². The van der Waals surface area contributed by atoms with Crippen molar-refractivity contribution in [3.63, 3.8) is 0 Å². The quantitative estimate of drug-likeness (QED) is 0.162. The fraction of sp³-hybridized carbons (Fsp3) is 0.188. The number of benzene rings is 11. The monoisotopic (exact) mass is 1340 g/mol. The van der Waals surface area contributed by atoms with E-state index >= 15 is 0 Å². The molecule has 5 aliphatic carbocycles. The first-order chi connectivity index (χ1) is 50.8. The van der Waals surface area contributed by atoms with Crippen LogP contribution in [0.3, 0.4) is 0 Å². The lowest BCUT2D eigenvalue weighted by Crippen LogP contribution is -2.65. The van der Waals surface area contributed by atoms with Crippen LogP contribution in [-0.2, 0) is 21.7 Å². The van der Waals surface area contributed by atoms with Gasteiger partial charge in [-0.25, -0.2) is 0 Å². The van der Waals surface area contributed by atoms with Crippen LogP contribution >= 0.6 is 0 Å². The number of hydrogen-bond acceptors (Lipinski definition) is 6. The van der Waals surface area contributed by atoms with E-state index in [-0.39, 0.29) is 41.0 Å². The van der Waals surface area contributed by atoms with Gasteiger partial charge < -0.3 is 29.4 Å². The van der Waals surface area contributed by atoms with E-state index in [1.807, 2.05) is 0 Å². The molecular formula is C96H80B2N6. The van der Waals surface area contributed by atoms with Crippen LogP contribution in [0.15, 0.2) is 314 Å². The normalized spacial score (nSPS) is 22.8. The maximum absolute atomic E-state index is 2.70. The summed E-state index contributed by atoms with van der Waals surface area (Å²) in [5.41, 5.74) is 36.2. The first-order valence-corrected chi connectivity index (χ1v) is 38.0. The molecule has 104 heavy (non-hydrogen) atoms. The van der Waals surface area contributed by atoms with Gasteiger partial charge in [0.2, 0.25) is 0 Å². The minimum atomic E-state index is -0.164. The Kier molecular flexibility index (Phi) is 12.6. The van der Waals surface area contributed by atoms with Crippen molar-refractivity contribution in [2.75, 3.05) is 29.4 Å². The Morgan fingerprint density at radius 3 is 1.36 bits per heavy atom. The summed E-state index contributed by atoms with van der Waals surface area (Å²) in [6, 6.07) is 94.7.